The molecule has 0 radical (unpaired) electrons. The van der Waals surface area contributed by atoms with Gasteiger partial charge in [0.05, 0.1) is 12.5 Å². The highest BCUT2D eigenvalue weighted by atomic mass is 32.2. The smallest absolute Gasteiger partial charge is 0.211 e. The molecule has 0 amide bonds. The van der Waals surface area contributed by atoms with Crippen molar-refractivity contribution in [2.45, 2.75) is 13.5 Å². The van der Waals surface area contributed by atoms with Gasteiger partial charge in [-0.15, -0.1) is 0 Å². The molecular formula is C12H20N2O4S2. The standard InChI is InChI=1S/C12H20N2O4S2/c1-11-6-4-5-7-12(11)10-14(20(3,17)18)9-8-13-19(2,15)16/h4-7,13H,8-10H2,1-3H3. The van der Waals surface area contributed by atoms with E-state index in [0.717, 1.165) is 23.6 Å². The molecule has 0 aliphatic rings. The van der Waals surface area contributed by atoms with Crippen LogP contribution in [-0.4, -0.2) is 46.7 Å². The molecule has 8 heteroatoms. The first kappa shape index (κ1) is 17.1. The van der Waals surface area contributed by atoms with Gasteiger partial charge in [0.1, 0.15) is 0 Å². The molecule has 0 aromatic heterocycles. The number of rotatable bonds is 7. The highest BCUT2D eigenvalue weighted by Crippen LogP contribution is 2.12. The van der Waals surface area contributed by atoms with Crippen LogP contribution in [0, 0.1) is 6.92 Å². The molecule has 0 spiro atoms. The molecule has 0 aliphatic carbocycles. The zero-order valence-electron chi connectivity index (χ0n) is 11.8. The second-order valence-electron chi connectivity index (χ2n) is 4.69. The van der Waals surface area contributed by atoms with Gasteiger partial charge in [0.2, 0.25) is 20.0 Å². The van der Waals surface area contributed by atoms with Crippen LogP contribution in [-0.2, 0) is 26.6 Å². The fourth-order valence-electron chi connectivity index (χ4n) is 1.70. The summed E-state index contributed by atoms with van der Waals surface area (Å²) in [6.45, 7) is 2.29. The summed E-state index contributed by atoms with van der Waals surface area (Å²) >= 11 is 0. The summed E-state index contributed by atoms with van der Waals surface area (Å²) in [5, 5.41) is 0. The van der Waals surface area contributed by atoms with Crippen molar-refractivity contribution in [3.05, 3.63) is 35.4 Å². The molecule has 20 heavy (non-hydrogen) atoms. The van der Waals surface area contributed by atoms with Crippen LogP contribution < -0.4 is 4.72 Å². The third-order valence-corrected chi connectivity index (χ3v) is 4.78. The number of benzene rings is 1. The normalized spacial score (nSPS) is 12.8. The number of aryl methyl sites for hydroxylation is 1. The Labute approximate surface area is 120 Å². The van der Waals surface area contributed by atoms with E-state index in [-0.39, 0.29) is 19.6 Å². The van der Waals surface area contributed by atoms with Gasteiger partial charge in [-0.25, -0.2) is 21.6 Å². The molecule has 0 bridgehead atoms. The van der Waals surface area contributed by atoms with Crippen LogP contribution in [0.15, 0.2) is 24.3 Å². The van der Waals surface area contributed by atoms with Gasteiger partial charge in [-0.1, -0.05) is 24.3 Å². The predicted octanol–water partition coefficient (Wildman–Crippen LogP) is 0.306. The van der Waals surface area contributed by atoms with E-state index in [4.69, 9.17) is 0 Å². The molecule has 0 aliphatic heterocycles. The zero-order valence-corrected chi connectivity index (χ0v) is 13.5. The van der Waals surface area contributed by atoms with Crippen LogP contribution in [0.25, 0.3) is 0 Å². The molecule has 0 saturated carbocycles. The van der Waals surface area contributed by atoms with Gasteiger partial charge in [0.25, 0.3) is 0 Å². The summed E-state index contributed by atoms with van der Waals surface area (Å²) in [6.07, 6.45) is 2.16. The molecule has 0 unspecified atom stereocenters. The van der Waals surface area contributed by atoms with Crippen molar-refractivity contribution in [2.24, 2.45) is 0 Å². The molecule has 0 fully saturated rings. The van der Waals surface area contributed by atoms with Gasteiger partial charge in [-0.3, -0.25) is 0 Å². The maximum absolute atomic E-state index is 11.8. The minimum absolute atomic E-state index is 0.0534. The Balaban J connectivity index is 2.79. The van der Waals surface area contributed by atoms with Crippen LogP contribution in [0.2, 0.25) is 0 Å². The number of nitrogens with one attached hydrogen (secondary N) is 1. The molecule has 0 atom stereocenters. The van der Waals surface area contributed by atoms with Gasteiger partial charge < -0.3 is 0 Å². The molecule has 0 heterocycles. The monoisotopic (exact) mass is 320 g/mol. The van der Waals surface area contributed by atoms with E-state index in [1.165, 1.54) is 4.31 Å². The first-order valence-electron chi connectivity index (χ1n) is 6.04. The average Bonchev–Trinajstić information content (AvgIpc) is 2.27. The summed E-state index contributed by atoms with van der Waals surface area (Å²) in [4.78, 5) is 0. The molecular weight excluding hydrogens is 300 g/mol. The van der Waals surface area contributed by atoms with E-state index in [9.17, 15) is 16.8 Å². The molecule has 1 N–H and O–H groups in total. The Morgan fingerprint density at radius 1 is 1.10 bits per heavy atom. The highest BCUT2D eigenvalue weighted by molar-refractivity contribution is 7.88. The van der Waals surface area contributed by atoms with Crippen molar-refractivity contribution in [2.75, 3.05) is 25.6 Å². The highest BCUT2D eigenvalue weighted by Gasteiger charge is 2.18. The van der Waals surface area contributed by atoms with Crippen molar-refractivity contribution in [1.82, 2.24) is 9.03 Å². The summed E-state index contributed by atoms with van der Waals surface area (Å²) in [5.41, 5.74) is 1.90. The SMILES string of the molecule is Cc1ccccc1CN(CCNS(C)(=O)=O)S(C)(=O)=O. The number of hydrogen-bond acceptors (Lipinski definition) is 4. The Bertz CT molecular complexity index is 654. The van der Waals surface area contributed by atoms with E-state index in [1.807, 2.05) is 31.2 Å². The van der Waals surface area contributed by atoms with E-state index in [2.05, 4.69) is 4.72 Å². The lowest BCUT2D eigenvalue weighted by Crippen LogP contribution is -2.37. The minimum Gasteiger partial charge on any atom is -0.214 e. The van der Waals surface area contributed by atoms with Crippen LogP contribution in [0.4, 0.5) is 0 Å². The summed E-state index contributed by atoms with van der Waals surface area (Å²) in [6, 6.07) is 7.49. The molecule has 0 saturated heterocycles. The Morgan fingerprint density at radius 3 is 2.20 bits per heavy atom. The topological polar surface area (TPSA) is 83.6 Å². The number of hydrogen-bond donors (Lipinski definition) is 1. The minimum atomic E-state index is -3.40. The van der Waals surface area contributed by atoms with E-state index < -0.39 is 20.0 Å². The fourth-order valence-corrected chi connectivity index (χ4v) is 2.95. The Kier molecular flexibility index (Phi) is 5.69. The van der Waals surface area contributed by atoms with Crippen LogP contribution >= 0.6 is 0 Å². The van der Waals surface area contributed by atoms with Crippen molar-refractivity contribution < 1.29 is 16.8 Å². The van der Waals surface area contributed by atoms with Crippen LogP contribution in [0.5, 0.6) is 0 Å². The predicted molar refractivity (Wildman–Crippen MR) is 79.3 cm³/mol. The third kappa shape index (κ3) is 6.00. The molecule has 114 valence electrons. The molecule has 1 aromatic carbocycles. The van der Waals surface area contributed by atoms with E-state index in [0.29, 0.717) is 0 Å². The van der Waals surface area contributed by atoms with Crippen LogP contribution in [0.3, 0.4) is 0 Å². The van der Waals surface area contributed by atoms with Crippen molar-refractivity contribution in [3.63, 3.8) is 0 Å². The number of sulfonamides is 2. The summed E-state index contributed by atoms with van der Waals surface area (Å²) in [5.74, 6) is 0. The lowest BCUT2D eigenvalue weighted by molar-refractivity contribution is 0.411. The number of nitrogens with zero attached hydrogens (tertiary/aromatic N) is 1. The van der Waals surface area contributed by atoms with Gasteiger partial charge >= 0.3 is 0 Å². The Morgan fingerprint density at radius 2 is 1.70 bits per heavy atom. The second-order valence-corrected chi connectivity index (χ2v) is 8.50. The first-order valence-corrected chi connectivity index (χ1v) is 9.78. The third-order valence-electron chi connectivity index (χ3n) is 2.80. The van der Waals surface area contributed by atoms with Gasteiger partial charge in [-0.2, -0.15) is 4.31 Å². The quantitative estimate of drug-likeness (QED) is 0.783. The van der Waals surface area contributed by atoms with Gasteiger partial charge in [0.15, 0.2) is 0 Å². The lowest BCUT2D eigenvalue weighted by Gasteiger charge is -2.21. The molecule has 1 rings (SSSR count). The maximum Gasteiger partial charge on any atom is 0.211 e. The van der Waals surface area contributed by atoms with Crippen molar-refractivity contribution in [3.8, 4) is 0 Å². The second kappa shape index (κ2) is 6.66. The van der Waals surface area contributed by atoms with E-state index >= 15 is 0 Å². The largest absolute Gasteiger partial charge is 0.214 e. The Hall–Kier alpha value is -0.960. The summed E-state index contributed by atoms with van der Waals surface area (Å²) in [7, 11) is -6.72. The van der Waals surface area contributed by atoms with Crippen LogP contribution in [0.1, 0.15) is 11.1 Å². The lowest BCUT2D eigenvalue weighted by atomic mass is 10.1. The van der Waals surface area contributed by atoms with Crippen molar-refractivity contribution >= 4 is 20.0 Å². The first-order chi connectivity index (χ1) is 9.09. The molecule has 6 nitrogen and oxygen atoms in total. The maximum atomic E-state index is 11.8. The summed E-state index contributed by atoms with van der Waals surface area (Å²) < 4.78 is 49.0. The van der Waals surface area contributed by atoms with Gasteiger partial charge in [0, 0.05) is 19.6 Å². The van der Waals surface area contributed by atoms with Crippen molar-refractivity contribution in [1.29, 1.82) is 0 Å². The fraction of sp³-hybridized carbons (Fsp3) is 0.500. The average molecular weight is 320 g/mol. The molecule has 1 aromatic rings. The zero-order chi connectivity index (χ0) is 15.4. The van der Waals surface area contributed by atoms with Gasteiger partial charge in [-0.05, 0) is 18.1 Å². The van der Waals surface area contributed by atoms with E-state index in [1.54, 1.807) is 0 Å².